The van der Waals surface area contributed by atoms with Gasteiger partial charge in [0.25, 0.3) is 5.91 Å². The van der Waals surface area contributed by atoms with Gasteiger partial charge in [-0.05, 0) is 67.1 Å². The number of hydrogen-bond acceptors (Lipinski definition) is 8. The van der Waals surface area contributed by atoms with Gasteiger partial charge in [0, 0.05) is 9.86 Å². The Bertz CT molecular complexity index is 1600. The van der Waals surface area contributed by atoms with Crippen molar-refractivity contribution < 1.29 is 27.9 Å². The van der Waals surface area contributed by atoms with Crippen LogP contribution in [0.3, 0.4) is 0 Å². The van der Waals surface area contributed by atoms with Crippen molar-refractivity contribution >= 4 is 44.9 Å². The van der Waals surface area contributed by atoms with Crippen LogP contribution in [0.5, 0.6) is 11.5 Å². The van der Waals surface area contributed by atoms with E-state index in [2.05, 4.69) is 21.2 Å². The second-order valence-electron chi connectivity index (χ2n) is 7.59. The van der Waals surface area contributed by atoms with Crippen LogP contribution in [0.1, 0.15) is 28.6 Å². The molecule has 0 bridgehead atoms. The van der Waals surface area contributed by atoms with E-state index in [4.69, 9.17) is 18.3 Å². The highest BCUT2D eigenvalue weighted by Gasteiger charge is 2.19. The number of nitrogens with one attached hydrogen (secondary N) is 1. The first-order valence-electron chi connectivity index (χ1n) is 11.0. The summed E-state index contributed by atoms with van der Waals surface area (Å²) in [4.78, 5) is 37.6. The van der Waals surface area contributed by atoms with Crippen molar-refractivity contribution in [3.8, 4) is 17.6 Å². The van der Waals surface area contributed by atoms with Crippen molar-refractivity contribution in [2.75, 3.05) is 6.61 Å². The van der Waals surface area contributed by atoms with Gasteiger partial charge in [-0.1, -0.05) is 22.0 Å². The van der Waals surface area contributed by atoms with Crippen molar-refractivity contribution in [2.24, 2.45) is 0 Å². The number of halogens is 1. The Balaban J connectivity index is 1.56. The van der Waals surface area contributed by atoms with Crippen molar-refractivity contribution in [2.45, 2.75) is 13.5 Å². The molecule has 186 valence electrons. The number of rotatable bonds is 8. The summed E-state index contributed by atoms with van der Waals surface area (Å²) in [5.41, 5.74) is -0.465. The molecule has 0 saturated heterocycles. The minimum absolute atomic E-state index is 0.0542. The average Bonchev–Trinajstić information content (AvgIpc) is 3.41. The number of ether oxygens (including phenoxy) is 2. The Kier molecular flexibility index (Phi) is 7.86. The lowest BCUT2D eigenvalue weighted by Gasteiger charge is -2.11. The molecule has 0 aliphatic heterocycles. The molecule has 4 aromatic rings. The third-order valence-corrected chi connectivity index (χ3v) is 5.56. The predicted octanol–water partition coefficient (Wildman–Crippen LogP) is 4.99. The van der Waals surface area contributed by atoms with E-state index < -0.39 is 17.5 Å². The molecule has 10 heteroatoms. The molecule has 9 nitrogen and oxygen atoms in total. The molecule has 1 amide bonds. The molecule has 0 fully saturated rings. The fraction of sp³-hybridized carbons (Fsp3) is 0.111. The van der Waals surface area contributed by atoms with Crippen LogP contribution in [0.25, 0.3) is 17.0 Å². The number of fused-ring (bicyclic) bond motifs is 1. The molecule has 2 aromatic carbocycles. The summed E-state index contributed by atoms with van der Waals surface area (Å²) < 4.78 is 22.2. The molecule has 0 aliphatic rings. The van der Waals surface area contributed by atoms with Crippen LogP contribution in [0.15, 0.2) is 84.5 Å². The molecule has 0 spiro atoms. The van der Waals surface area contributed by atoms with Crippen molar-refractivity contribution in [1.82, 2.24) is 5.32 Å². The number of carbonyl (C=O) groups is 2. The van der Waals surface area contributed by atoms with Gasteiger partial charge in [-0.2, -0.15) is 5.26 Å². The van der Waals surface area contributed by atoms with E-state index in [0.29, 0.717) is 22.3 Å². The van der Waals surface area contributed by atoms with Gasteiger partial charge in [-0.25, -0.2) is 9.59 Å². The minimum Gasteiger partial charge on any atom is -0.490 e. The minimum atomic E-state index is -0.921. The Morgan fingerprint density at radius 1 is 1.14 bits per heavy atom. The second-order valence-corrected chi connectivity index (χ2v) is 8.51. The molecule has 37 heavy (non-hydrogen) atoms. The van der Waals surface area contributed by atoms with E-state index in [0.717, 1.165) is 4.47 Å². The van der Waals surface area contributed by atoms with Gasteiger partial charge in [-0.15, -0.1) is 0 Å². The van der Waals surface area contributed by atoms with E-state index in [1.165, 1.54) is 30.5 Å². The van der Waals surface area contributed by atoms with Crippen LogP contribution < -0.4 is 20.4 Å². The van der Waals surface area contributed by atoms with Crippen LogP contribution >= 0.6 is 15.9 Å². The smallest absolute Gasteiger partial charge is 0.351 e. The molecule has 0 saturated carbocycles. The highest BCUT2D eigenvalue weighted by molar-refractivity contribution is 9.10. The monoisotopic (exact) mass is 562 g/mol. The Labute approximate surface area is 219 Å². The number of carbonyl (C=O) groups excluding carboxylic acids is 2. The molecule has 2 heterocycles. The Morgan fingerprint density at radius 3 is 2.70 bits per heavy atom. The second kappa shape index (κ2) is 11.4. The van der Waals surface area contributed by atoms with Crippen molar-refractivity contribution in [3.63, 3.8) is 0 Å². The third-order valence-electron chi connectivity index (χ3n) is 5.06. The summed E-state index contributed by atoms with van der Waals surface area (Å²) in [6.45, 7) is 2.12. The molecular formula is C27H19BrN2O7. The van der Waals surface area contributed by atoms with E-state index in [1.54, 1.807) is 43.3 Å². The van der Waals surface area contributed by atoms with Gasteiger partial charge in [0.1, 0.15) is 28.5 Å². The lowest BCUT2D eigenvalue weighted by molar-refractivity contribution is -0.117. The number of furan rings is 1. The number of nitriles is 1. The van der Waals surface area contributed by atoms with Crippen molar-refractivity contribution in [1.29, 1.82) is 5.26 Å². The van der Waals surface area contributed by atoms with Crippen molar-refractivity contribution in [3.05, 3.63) is 98.2 Å². The van der Waals surface area contributed by atoms with E-state index in [1.807, 2.05) is 6.07 Å². The molecule has 4 rings (SSSR count). The number of nitrogens with zero attached hydrogens (tertiary/aromatic N) is 1. The fourth-order valence-corrected chi connectivity index (χ4v) is 3.73. The predicted molar refractivity (Wildman–Crippen MR) is 137 cm³/mol. The highest BCUT2D eigenvalue weighted by Crippen LogP contribution is 2.30. The summed E-state index contributed by atoms with van der Waals surface area (Å²) in [6.07, 6.45) is 2.86. The standard InChI is InChI=1S/C27H19BrN2O7/c1-2-34-24-11-16(10-18(14-29)25(31)30-15-20-4-3-9-35-20)5-7-23(24)37-27(33)21-13-17-12-19(28)6-8-22(17)36-26(21)32/h3-13H,2,15H2,1H3,(H,30,31)/b18-10+. The van der Waals surface area contributed by atoms with Gasteiger partial charge in [-0.3, -0.25) is 4.79 Å². The molecule has 0 radical (unpaired) electrons. The lowest BCUT2D eigenvalue weighted by Crippen LogP contribution is -2.23. The number of esters is 1. The maximum Gasteiger partial charge on any atom is 0.351 e. The van der Waals surface area contributed by atoms with Gasteiger partial charge in [0.05, 0.1) is 19.4 Å². The Morgan fingerprint density at radius 2 is 1.97 bits per heavy atom. The van der Waals surface area contributed by atoms with E-state index in [-0.39, 0.29) is 35.8 Å². The summed E-state index contributed by atoms with van der Waals surface area (Å²) in [6, 6.07) is 16.2. The number of hydrogen-bond donors (Lipinski definition) is 1. The molecule has 1 N–H and O–H groups in total. The largest absolute Gasteiger partial charge is 0.490 e. The molecular weight excluding hydrogens is 544 g/mol. The van der Waals surface area contributed by atoms with Gasteiger partial charge in [0.15, 0.2) is 11.5 Å². The van der Waals surface area contributed by atoms with E-state index >= 15 is 0 Å². The average molecular weight is 563 g/mol. The molecule has 0 atom stereocenters. The Hall–Kier alpha value is -4.62. The number of amides is 1. The molecule has 0 unspecified atom stereocenters. The summed E-state index contributed by atoms with van der Waals surface area (Å²) in [7, 11) is 0. The van der Waals surface area contributed by atoms with Crippen LogP contribution in [0.2, 0.25) is 0 Å². The summed E-state index contributed by atoms with van der Waals surface area (Å²) >= 11 is 3.34. The summed E-state index contributed by atoms with van der Waals surface area (Å²) in [5.74, 6) is -0.718. The quantitative estimate of drug-likeness (QED) is 0.104. The van der Waals surface area contributed by atoms with Crippen LogP contribution in [0.4, 0.5) is 0 Å². The first kappa shape index (κ1) is 25.5. The van der Waals surface area contributed by atoms with Crippen LogP contribution in [0, 0.1) is 11.3 Å². The maximum absolute atomic E-state index is 12.8. The van der Waals surface area contributed by atoms with Crippen LogP contribution in [-0.2, 0) is 11.3 Å². The SMILES string of the molecule is CCOc1cc(/C=C(\C#N)C(=O)NCc2ccco2)ccc1OC(=O)c1cc2cc(Br)ccc2oc1=O. The zero-order valence-electron chi connectivity index (χ0n) is 19.4. The number of benzene rings is 2. The first-order chi connectivity index (χ1) is 17.9. The zero-order valence-corrected chi connectivity index (χ0v) is 21.0. The zero-order chi connectivity index (χ0) is 26.4. The molecule has 2 aromatic heterocycles. The molecule has 0 aliphatic carbocycles. The maximum atomic E-state index is 12.8. The van der Waals surface area contributed by atoms with Gasteiger partial charge >= 0.3 is 11.6 Å². The van der Waals surface area contributed by atoms with E-state index in [9.17, 15) is 19.6 Å². The first-order valence-corrected chi connectivity index (χ1v) is 11.8. The lowest BCUT2D eigenvalue weighted by atomic mass is 10.1. The topological polar surface area (TPSA) is 132 Å². The van der Waals surface area contributed by atoms with Gasteiger partial charge < -0.3 is 23.6 Å². The third kappa shape index (κ3) is 6.15. The van der Waals surface area contributed by atoms with Crippen LogP contribution in [-0.4, -0.2) is 18.5 Å². The highest BCUT2D eigenvalue weighted by atomic mass is 79.9. The summed E-state index contributed by atoms with van der Waals surface area (Å²) in [5, 5.41) is 12.6. The fourth-order valence-electron chi connectivity index (χ4n) is 3.35. The van der Waals surface area contributed by atoms with Gasteiger partial charge in [0.2, 0.25) is 0 Å². The normalized spacial score (nSPS) is 11.1.